The van der Waals surface area contributed by atoms with Crippen molar-refractivity contribution in [3.63, 3.8) is 0 Å². The zero-order chi connectivity index (χ0) is 22.8. The summed E-state index contributed by atoms with van der Waals surface area (Å²) < 4.78 is 25.6. The summed E-state index contributed by atoms with van der Waals surface area (Å²) in [5, 5.41) is 0. The molecule has 2 aromatic rings. The molecule has 2 aliphatic rings. The van der Waals surface area contributed by atoms with Crippen LogP contribution in [0.4, 0.5) is 4.39 Å². The van der Waals surface area contributed by atoms with Gasteiger partial charge in [0.05, 0.1) is 30.9 Å². The second-order valence-electron chi connectivity index (χ2n) is 8.13. The lowest BCUT2D eigenvalue weighted by atomic mass is 10.0. The molecule has 168 valence electrons. The molecule has 0 radical (unpaired) electrons. The van der Waals surface area contributed by atoms with E-state index in [1.54, 1.807) is 42.5 Å². The second kappa shape index (κ2) is 9.12. The van der Waals surface area contributed by atoms with Crippen molar-refractivity contribution in [1.29, 1.82) is 0 Å². The molecule has 2 heterocycles. The van der Waals surface area contributed by atoms with Gasteiger partial charge in [-0.15, -0.1) is 0 Å². The Balaban J connectivity index is 1.74. The van der Waals surface area contributed by atoms with Gasteiger partial charge in [-0.2, -0.15) is 0 Å². The lowest BCUT2D eigenvalue weighted by Crippen LogP contribution is -2.46. The molecule has 4 rings (SSSR count). The highest BCUT2D eigenvalue weighted by molar-refractivity contribution is 6.35. The minimum absolute atomic E-state index is 0.0867. The van der Waals surface area contributed by atoms with Gasteiger partial charge >= 0.3 is 0 Å². The SMILES string of the molecule is CCOc1ccc(C2=C(N3CC(C)OC(C)C3)C(=O)N(Cc3ccccc3F)C2=O)cc1. The van der Waals surface area contributed by atoms with E-state index in [2.05, 4.69) is 0 Å². The first-order chi connectivity index (χ1) is 15.4. The second-order valence-corrected chi connectivity index (χ2v) is 8.13. The number of nitrogens with zero attached hydrogens (tertiary/aromatic N) is 2. The van der Waals surface area contributed by atoms with E-state index in [0.717, 1.165) is 4.90 Å². The molecule has 1 saturated heterocycles. The minimum atomic E-state index is -0.446. The number of morpholine rings is 1. The highest BCUT2D eigenvalue weighted by Crippen LogP contribution is 2.35. The van der Waals surface area contributed by atoms with E-state index in [0.29, 0.717) is 47.8 Å². The first-order valence-corrected chi connectivity index (χ1v) is 10.9. The van der Waals surface area contributed by atoms with Crippen molar-refractivity contribution in [2.24, 2.45) is 0 Å². The molecule has 1 fully saturated rings. The number of carbonyl (C=O) groups excluding carboxylic acids is 2. The number of ether oxygens (including phenoxy) is 2. The van der Waals surface area contributed by atoms with E-state index in [9.17, 15) is 14.0 Å². The topological polar surface area (TPSA) is 59.1 Å². The Labute approximate surface area is 187 Å². The summed E-state index contributed by atoms with van der Waals surface area (Å²) in [6.07, 6.45) is -0.173. The molecule has 0 saturated carbocycles. The fraction of sp³-hybridized carbons (Fsp3) is 0.360. The van der Waals surface area contributed by atoms with E-state index in [-0.39, 0.29) is 18.8 Å². The van der Waals surface area contributed by atoms with E-state index in [4.69, 9.17) is 9.47 Å². The molecular formula is C25H27FN2O4. The number of halogens is 1. The van der Waals surface area contributed by atoms with Crippen molar-refractivity contribution in [2.45, 2.75) is 39.5 Å². The van der Waals surface area contributed by atoms with Crippen LogP contribution in [0.25, 0.3) is 5.57 Å². The maximum Gasteiger partial charge on any atom is 0.278 e. The van der Waals surface area contributed by atoms with E-state index in [1.165, 1.54) is 6.07 Å². The Bertz CT molecular complexity index is 1040. The zero-order valence-corrected chi connectivity index (χ0v) is 18.5. The van der Waals surface area contributed by atoms with Crippen molar-refractivity contribution in [3.05, 3.63) is 71.2 Å². The van der Waals surface area contributed by atoms with Gasteiger partial charge in [0.2, 0.25) is 0 Å². The molecule has 2 aliphatic heterocycles. The van der Waals surface area contributed by atoms with Crippen molar-refractivity contribution in [1.82, 2.24) is 9.80 Å². The van der Waals surface area contributed by atoms with E-state index >= 15 is 0 Å². The summed E-state index contributed by atoms with van der Waals surface area (Å²) in [5.41, 5.74) is 1.60. The third-order valence-corrected chi connectivity index (χ3v) is 5.62. The van der Waals surface area contributed by atoms with Gasteiger partial charge in [0.1, 0.15) is 17.3 Å². The largest absolute Gasteiger partial charge is 0.494 e. The van der Waals surface area contributed by atoms with Gasteiger partial charge in [-0.05, 0) is 44.5 Å². The van der Waals surface area contributed by atoms with Gasteiger partial charge in [-0.1, -0.05) is 30.3 Å². The molecule has 2 atom stereocenters. The van der Waals surface area contributed by atoms with Crippen LogP contribution in [-0.2, 0) is 20.9 Å². The average molecular weight is 438 g/mol. The highest BCUT2D eigenvalue weighted by atomic mass is 19.1. The molecule has 0 N–H and O–H groups in total. The van der Waals surface area contributed by atoms with E-state index < -0.39 is 17.6 Å². The van der Waals surface area contributed by atoms with Crippen LogP contribution >= 0.6 is 0 Å². The Kier molecular flexibility index (Phi) is 6.28. The van der Waals surface area contributed by atoms with Crippen LogP contribution < -0.4 is 4.74 Å². The number of benzene rings is 2. The first kappa shape index (κ1) is 22.0. The number of hydrogen-bond donors (Lipinski definition) is 0. The molecule has 0 spiro atoms. The van der Waals surface area contributed by atoms with Crippen molar-refractivity contribution < 1.29 is 23.5 Å². The van der Waals surface area contributed by atoms with Crippen LogP contribution in [0.15, 0.2) is 54.2 Å². The van der Waals surface area contributed by atoms with Gasteiger partial charge in [0.25, 0.3) is 11.8 Å². The summed E-state index contributed by atoms with van der Waals surface area (Å²) in [4.78, 5) is 30.1. The standard InChI is InChI=1S/C25H27FN2O4/c1-4-31-20-11-9-18(10-12-20)22-23(27-13-16(2)32-17(3)14-27)25(30)28(24(22)29)15-19-7-5-6-8-21(19)26/h5-12,16-17H,4,13-15H2,1-3H3. The highest BCUT2D eigenvalue weighted by Gasteiger charge is 2.43. The smallest absolute Gasteiger partial charge is 0.278 e. The Morgan fingerprint density at radius 3 is 2.28 bits per heavy atom. The van der Waals surface area contributed by atoms with Gasteiger partial charge in [-0.25, -0.2) is 4.39 Å². The maximum atomic E-state index is 14.3. The molecule has 0 bridgehead atoms. The molecule has 0 aromatic heterocycles. The average Bonchev–Trinajstić information content (AvgIpc) is 3.00. The monoisotopic (exact) mass is 438 g/mol. The van der Waals surface area contributed by atoms with Crippen LogP contribution in [0.5, 0.6) is 5.75 Å². The predicted molar refractivity (Wildman–Crippen MR) is 118 cm³/mol. The van der Waals surface area contributed by atoms with Crippen molar-refractivity contribution in [2.75, 3.05) is 19.7 Å². The molecule has 0 aliphatic carbocycles. The Morgan fingerprint density at radius 2 is 1.66 bits per heavy atom. The lowest BCUT2D eigenvalue weighted by molar-refractivity contribution is -0.139. The number of imide groups is 1. The van der Waals surface area contributed by atoms with E-state index in [1.807, 2.05) is 25.7 Å². The first-order valence-electron chi connectivity index (χ1n) is 10.9. The predicted octanol–water partition coefficient (Wildman–Crippen LogP) is 3.61. The van der Waals surface area contributed by atoms with Crippen LogP contribution in [0.2, 0.25) is 0 Å². The molecule has 2 aromatic carbocycles. The molecular weight excluding hydrogens is 411 g/mol. The number of carbonyl (C=O) groups is 2. The van der Waals surface area contributed by atoms with Gasteiger partial charge < -0.3 is 14.4 Å². The molecule has 6 nitrogen and oxygen atoms in total. The van der Waals surface area contributed by atoms with Crippen LogP contribution in [0, 0.1) is 5.82 Å². The number of amides is 2. The molecule has 7 heteroatoms. The fourth-order valence-electron chi connectivity index (χ4n) is 4.30. The van der Waals surface area contributed by atoms with Crippen LogP contribution in [-0.4, -0.2) is 53.5 Å². The molecule has 32 heavy (non-hydrogen) atoms. The van der Waals surface area contributed by atoms with Gasteiger partial charge in [0, 0.05) is 18.7 Å². The zero-order valence-electron chi connectivity index (χ0n) is 18.5. The van der Waals surface area contributed by atoms with Crippen molar-refractivity contribution in [3.8, 4) is 5.75 Å². The summed E-state index contributed by atoms with van der Waals surface area (Å²) >= 11 is 0. The molecule has 2 unspecified atom stereocenters. The summed E-state index contributed by atoms with van der Waals surface area (Å²) in [6, 6.07) is 13.3. The van der Waals surface area contributed by atoms with Crippen molar-refractivity contribution >= 4 is 17.4 Å². The lowest BCUT2D eigenvalue weighted by Gasteiger charge is -2.37. The van der Waals surface area contributed by atoms with Gasteiger partial charge in [-0.3, -0.25) is 14.5 Å². The maximum absolute atomic E-state index is 14.3. The van der Waals surface area contributed by atoms with Crippen LogP contribution in [0.3, 0.4) is 0 Å². The number of rotatable bonds is 6. The summed E-state index contributed by atoms with van der Waals surface area (Å²) in [6.45, 7) is 7.18. The van der Waals surface area contributed by atoms with Gasteiger partial charge in [0.15, 0.2) is 0 Å². The third kappa shape index (κ3) is 4.25. The molecule has 2 amide bonds. The quantitative estimate of drug-likeness (QED) is 0.645. The fourth-order valence-corrected chi connectivity index (χ4v) is 4.30. The minimum Gasteiger partial charge on any atom is -0.494 e. The number of hydrogen-bond acceptors (Lipinski definition) is 5. The Morgan fingerprint density at radius 1 is 1.00 bits per heavy atom. The Hall–Kier alpha value is -3.19. The third-order valence-electron chi connectivity index (χ3n) is 5.62. The van der Waals surface area contributed by atoms with Crippen LogP contribution in [0.1, 0.15) is 31.9 Å². The summed E-state index contributed by atoms with van der Waals surface area (Å²) in [7, 11) is 0. The normalized spacial score (nSPS) is 21.5. The summed E-state index contributed by atoms with van der Waals surface area (Å²) in [5.74, 6) is -0.600.